The Balaban J connectivity index is 1.06. The van der Waals surface area contributed by atoms with Crippen molar-refractivity contribution in [3.8, 4) is 80.1 Å². The molecule has 15 N–H and O–H groups in total. The molecule has 0 aliphatic carbocycles. The van der Waals surface area contributed by atoms with Gasteiger partial charge in [-0.05, 0) is 125 Å². The van der Waals surface area contributed by atoms with E-state index >= 15 is 24.0 Å². The fraction of sp³-hybridized carbons (Fsp3) is 0.246. The van der Waals surface area contributed by atoms with Crippen LogP contribution in [0.5, 0.6) is 69.0 Å². The Bertz CT molecular complexity index is 4280. The number of amides is 7. The van der Waals surface area contributed by atoms with Crippen molar-refractivity contribution >= 4 is 64.6 Å². The molecule has 0 spiro atoms. The van der Waals surface area contributed by atoms with E-state index in [9.17, 15) is 50.4 Å². The molecule has 27 nitrogen and oxygen atoms in total. The molecule has 1 saturated heterocycles. The molecule has 9 atom stereocenters. The van der Waals surface area contributed by atoms with Gasteiger partial charge in [-0.25, -0.2) is 0 Å². The van der Waals surface area contributed by atoms with Crippen molar-refractivity contribution in [2.45, 2.75) is 67.8 Å². The summed E-state index contributed by atoms with van der Waals surface area (Å²) in [5.74, 6) is -13.3. The van der Waals surface area contributed by atoms with Crippen LogP contribution in [0.15, 0.2) is 115 Å². The molecular formula is C65H58Cl2N8O19. The van der Waals surface area contributed by atoms with E-state index < -0.39 is 148 Å². The Morgan fingerprint density at radius 3 is 1.84 bits per heavy atom. The molecule has 1 fully saturated rings. The van der Waals surface area contributed by atoms with Crippen molar-refractivity contribution in [3.05, 3.63) is 164 Å². The molecule has 7 amide bonds. The maximum atomic E-state index is 15.9. The van der Waals surface area contributed by atoms with Crippen LogP contribution in [0.2, 0.25) is 10.0 Å². The molecule has 17 bridgehead atoms. The summed E-state index contributed by atoms with van der Waals surface area (Å²) >= 11 is 13.9. The van der Waals surface area contributed by atoms with Gasteiger partial charge in [0.15, 0.2) is 23.0 Å². The highest BCUT2D eigenvalue weighted by Crippen LogP contribution is 2.48. The number of aromatic hydroxyl groups is 6. The van der Waals surface area contributed by atoms with Crippen LogP contribution < -0.4 is 51.4 Å². The largest absolute Gasteiger partial charge is 0.508 e. The number of carbonyl (C=O) groups is 7. The van der Waals surface area contributed by atoms with Gasteiger partial charge in [0.2, 0.25) is 47.1 Å². The lowest BCUT2D eigenvalue weighted by Crippen LogP contribution is -2.56. The fourth-order valence-electron chi connectivity index (χ4n) is 11.7. The summed E-state index contributed by atoms with van der Waals surface area (Å²) < 4.78 is 24.2. The van der Waals surface area contributed by atoms with E-state index in [1.54, 1.807) is 6.92 Å². The third-order valence-electron chi connectivity index (χ3n) is 16.4. The second-order valence-corrected chi connectivity index (χ2v) is 23.7. The maximum absolute atomic E-state index is 15.9. The summed E-state index contributed by atoms with van der Waals surface area (Å²) in [5.41, 5.74) is -1.37. The summed E-state index contributed by atoms with van der Waals surface area (Å²) in [6, 6.07) is 8.89. The summed E-state index contributed by atoms with van der Waals surface area (Å²) in [5, 5.41) is 110. The van der Waals surface area contributed by atoms with E-state index in [0.717, 1.165) is 48.5 Å². The first kappa shape index (κ1) is 63.6. The molecule has 7 heterocycles. The van der Waals surface area contributed by atoms with E-state index in [0.29, 0.717) is 5.56 Å². The molecule has 0 radical (unpaired) electrons. The van der Waals surface area contributed by atoms with Crippen LogP contribution in [-0.4, -0.2) is 138 Å². The molecule has 14 rings (SSSR count). The second kappa shape index (κ2) is 25.9. The normalized spacial score (nSPS) is 22.4. The summed E-state index contributed by atoms with van der Waals surface area (Å²) in [7, 11) is 0. The van der Waals surface area contributed by atoms with Crippen molar-refractivity contribution < 1.29 is 93.4 Å². The number of hydrogen-bond acceptors (Lipinski definition) is 20. The Hall–Kier alpha value is -10.6. The Morgan fingerprint density at radius 1 is 0.564 bits per heavy atom. The number of phenolic OH excluding ortho intramolecular Hbond substituents is 6. The summed E-state index contributed by atoms with van der Waals surface area (Å²) in [4.78, 5) is 108. The van der Waals surface area contributed by atoms with Gasteiger partial charge < -0.3 is 96.6 Å². The fourth-order valence-corrected chi connectivity index (χ4v) is 12.2. The summed E-state index contributed by atoms with van der Waals surface area (Å²) in [6.07, 6.45) is -2.44. The maximum Gasteiger partial charge on any atom is 0.249 e. The zero-order valence-corrected chi connectivity index (χ0v) is 50.7. The van der Waals surface area contributed by atoms with E-state index in [1.807, 2.05) is 0 Å². The monoisotopic (exact) mass is 1320 g/mol. The van der Waals surface area contributed by atoms with Gasteiger partial charge in [0.1, 0.15) is 88.6 Å². The Labute approximate surface area is 542 Å². The van der Waals surface area contributed by atoms with Crippen molar-refractivity contribution in [2.24, 2.45) is 0 Å². The van der Waals surface area contributed by atoms with Gasteiger partial charge in [-0.2, -0.15) is 0 Å². The third kappa shape index (κ3) is 12.7. The van der Waals surface area contributed by atoms with Gasteiger partial charge in [-0.3, -0.25) is 38.9 Å². The molecule has 94 heavy (non-hydrogen) atoms. The number of carbonyl (C=O) groups excluding carboxylic acids is 7. The Kier molecular flexibility index (Phi) is 17.5. The molecule has 486 valence electrons. The van der Waals surface area contributed by atoms with Crippen LogP contribution in [0.4, 0.5) is 0 Å². The molecular weight excluding hydrogens is 1270 g/mol. The quantitative estimate of drug-likeness (QED) is 0.113. The summed E-state index contributed by atoms with van der Waals surface area (Å²) in [6.45, 7) is 1.35. The molecule has 0 saturated carbocycles. The van der Waals surface area contributed by atoms with E-state index in [-0.39, 0.29) is 110 Å². The zero-order chi connectivity index (χ0) is 66.5. The van der Waals surface area contributed by atoms with Crippen LogP contribution in [-0.2, 0) is 44.7 Å². The number of halogens is 2. The van der Waals surface area contributed by atoms with Crippen molar-refractivity contribution in [1.29, 1.82) is 0 Å². The van der Waals surface area contributed by atoms with Crippen LogP contribution >= 0.6 is 23.2 Å². The van der Waals surface area contributed by atoms with Crippen LogP contribution in [0, 0.1) is 0 Å². The molecule has 0 aromatic heterocycles. The van der Waals surface area contributed by atoms with Gasteiger partial charge >= 0.3 is 0 Å². The first-order valence-corrected chi connectivity index (χ1v) is 30.0. The molecule has 1 unspecified atom stereocenters. The number of nitrogens with one attached hydrogen (secondary N) is 7. The lowest BCUT2D eigenvalue weighted by atomic mass is 9.89. The number of aliphatic hydroxyl groups excluding tert-OH is 2. The lowest BCUT2D eigenvalue weighted by Gasteiger charge is -2.34. The minimum Gasteiger partial charge on any atom is -0.508 e. The molecule has 7 aromatic rings. The molecule has 7 aliphatic rings. The number of aliphatic hydroxyl groups is 2. The third-order valence-corrected chi connectivity index (χ3v) is 17.0. The second-order valence-electron chi connectivity index (χ2n) is 22.9. The topological polar surface area (TPSA) is 406 Å². The van der Waals surface area contributed by atoms with Crippen LogP contribution in [0.1, 0.15) is 82.2 Å². The van der Waals surface area contributed by atoms with E-state index in [4.69, 9.17) is 42.1 Å². The highest BCUT2D eigenvalue weighted by Gasteiger charge is 2.42. The van der Waals surface area contributed by atoms with Crippen molar-refractivity contribution in [2.75, 3.05) is 32.9 Å². The van der Waals surface area contributed by atoms with Gasteiger partial charge in [-0.15, -0.1) is 0 Å². The number of hydrogen-bond donors (Lipinski definition) is 15. The van der Waals surface area contributed by atoms with Gasteiger partial charge in [0.05, 0.1) is 29.9 Å². The standard InChI is InChI=1S/C65H58Cl2N8O19/c1-27(26-76)68-51-30-4-7-43(80)47(20-30)92-36-17-32(16-34(77)23-36)53-62(87)72-54-33-21-48(93-45-8-2-28(14-39(45)66)15-41(59(84)70-53)69-60(51)85)58(83)49(22-33)94-46-9-5-31(19-40(46)67)57(82)56-64(89)73-55(65(90)75-10-12-91-13-11-75)38-24-35(78)25-44(81)50(38)37-18-29(3-6-42(37)79)52(61(86)74-56)71-63(54)88/h2-9,14,16-25,27,41,51-57,68,76-83H,10-13,15,26H2,1H3,(H,69,85)(H,70,84)(H,71,88)(H,72,87)(H,73,89)(H,74,86)/t27?,41-,51-,52-,53+,54-,55+,56+,57-/m1/s1. The zero-order valence-electron chi connectivity index (χ0n) is 49.2. The average molecular weight is 1330 g/mol. The Morgan fingerprint density at radius 2 is 1.16 bits per heavy atom. The van der Waals surface area contributed by atoms with Crippen LogP contribution in [0.3, 0.4) is 0 Å². The minimum atomic E-state index is -2.17. The van der Waals surface area contributed by atoms with Crippen molar-refractivity contribution in [1.82, 2.24) is 42.1 Å². The van der Waals surface area contributed by atoms with Crippen LogP contribution in [0.25, 0.3) is 11.1 Å². The highest BCUT2D eigenvalue weighted by molar-refractivity contribution is 6.32. The van der Waals surface area contributed by atoms with E-state index in [1.165, 1.54) is 71.6 Å². The predicted octanol–water partition coefficient (Wildman–Crippen LogP) is 4.77. The first-order valence-electron chi connectivity index (χ1n) is 29.3. The number of benzene rings is 7. The smallest absolute Gasteiger partial charge is 0.249 e. The SMILES string of the molecule is CC(CO)N[C@H]1C(=O)N[C@@H]2Cc3ccc(c(Cl)c3)Oc3cc4cc(c3O)Oc3ccc(cc3Cl)[C@@H](O)[C@@H]3NC(=O)[C@H](NC(=O)[C@@H]4NC(=O)[C@@H](NC2=O)c2cc(O)cc(c2)Oc2cc1ccc2O)c1ccc(O)c(c1)-c1c(O)cc(O)cc1[C@@H](C(=O)N1CCOCC1)NC3=O. The number of ether oxygens (including phenoxy) is 4. The number of fused-ring (bicyclic) bond motifs is 14. The number of morpholine rings is 1. The van der Waals surface area contributed by atoms with E-state index in [2.05, 4.69) is 37.2 Å². The van der Waals surface area contributed by atoms with Gasteiger partial charge in [-0.1, -0.05) is 47.5 Å². The number of rotatable bonds is 4. The number of nitrogens with zero attached hydrogens (tertiary/aromatic N) is 1. The molecule has 7 aromatic carbocycles. The molecule has 29 heteroatoms. The van der Waals surface area contributed by atoms with Gasteiger partial charge in [0.25, 0.3) is 0 Å². The average Bonchev–Trinajstić information content (AvgIpc) is 0.770. The highest BCUT2D eigenvalue weighted by atomic mass is 35.5. The number of phenols is 6. The van der Waals surface area contributed by atoms with Gasteiger partial charge in [0, 0.05) is 48.8 Å². The first-order chi connectivity index (χ1) is 45.0. The minimum absolute atomic E-state index is 0.0241. The van der Waals surface area contributed by atoms with Crippen molar-refractivity contribution in [3.63, 3.8) is 0 Å². The predicted molar refractivity (Wildman–Crippen MR) is 330 cm³/mol. The lowest BCUT2D eigenvalue weighted by molar-refractivity contribution is -0.142. The molecule has 7 aliphatic heterocycles.